The lowest BCUT2D eigenvalue weighted by Crippen LogP contribution is -2.54. The first-order valence-corrected chi connectivity index (χ1v) is 13.9. The van der Waals surface area contributed by atoms with E-state index in [9.17, 15) is 48.8 Å². The van der Waals surface area contributed by atoms with E-state index in [1.807, 2.05) is 10.9 Å². The Balaban J connectivity index is 1.94. The lowest BCUT2D eigenvalue weighted by atomic mass is 10.1. The van der Waals surface area contributed by atoms with Crippen LogP contribution in [0.25, 0.3) is 0 Å². The molecule has 0 heterocycles. The largest absolute Gasteiger partial charge is 0.493 e. The van der Waals surface area contributed by atoms with E-state index in [-0.39, 0.29) is 45.4 Å². The summed E-state index contributed by atoms with van der Waals surface area (Å²) in [6.07, 6.45) is -5.04. The molecule has 0 saturated carbocycles. The minimum atomic E-state index is -2.55. The van der Waals surface area contributed by atoms with Crippen molar-refractivity contribution in [3.63, 3.8) is 0 Å². The number of nitrogens with one attached hydrogen (secondary N) is 2. The molecule has 0 saturated heterocycles. The summed E-state index contributed by atoms with van der Waals surface area (Å²) in [7, 11) is 2.38. The van der Waals surface area contributed by atoms with Crippen LogP contribution in [0.1, 0.15) is 44.9 Å². The molecule has 19 heteroatoms. The second-order valence-electron chi connectivity index (χ2n) is 9.66. The fraction of sp³-hybridized carbons (Fsp3) is 0.194. The summed E-state index contributed by atoms with van der Waals surface area (Å²) in [5.74, 6) is -9.05. The van der Waals surface area contributed by atoms with Crippen molar-refractivity contribution in [3.8, 4) is 23.0 Å². The van der Waals surface area contributed by atoms with Gasteiger partial charge in [0.2, 0.25) is 12.2 Å². The van der Waals surface area contributed by atoms with Gasteiger partial charge in [-0.2, -0.15) is 0 Å². The van der Waals surface area contributed by atoms with Crippen LogP contribution in [0, 0.1) is 10.1 Å². The smallest absolute Gasteiger partial charge is 0.349 e. The lowest BCUT2D eigenvalue weighted by molar-refractivity contribution is -0.384. The maximum atomic E-state index is 13.3. The Bertz CT molecular complexity index is 1840. The Kier molecular flexibility index (Phi) is 12.5. The number of hydrazine groups is 1. The predicted octanol–water partition coefficient (Wildman–Crippen LogP) is 1.76. The molecule has 0 aliphatic carbocycles. The highest BCUT2D eigenvalue weighted by molar-refractivity contribution is 5.99. The van der Waals surface area contributed by atoms with Crippen molar-refractivity contribution in [2.45, 2.75) is 26.1 Å². The van der Waals surface area contributed by atoms with Gasteiger partial charge in [-0.1, -0.05) is 0 Å². The van der Waals surface area contributed by atoms with Gasteiger partial charge in [-0.3, -0.25) is 40.1 Å². The van der Waals surface area contributed by atoms with Crippen molar-refractivity contribution in [2.75, 3.05) is 14.2 Å². The van der Waals surface area contributed by atoms with Crippen LogP contribution in [-0.4, -0.2) is 78.1 Å². The zero-order chi connectivity index (χ0) is 37.1. The van der Waals surface area contributed by atoms with Crippen molar-refractivity contribution >= 4 is 47.3 Å². The molecule has 262 valence electrons. The van der Waals surface area contributed by atoms with Crippen LogP contribution in [-0.2, 0) is 28.7 Å². The van der Waals surface area contributed by atoms with Gasteiger partial charge < -0.3 is 33.5 Å². The Morgan fingerprint density at radius 3 is 1.50 bits per heavy atom. The number of carboxylic acids is 1. The number of rotatable bonds is 13. The normalized spacial score (nSPS) is 11.4. The van der Waals surface area contributed by atoms with E-state index in [2.05, 4.69) is 0 Å². The van der Waals surface area contributed by atoms with Crippen LogP contribution >= 0.6 is 0 Å². The third kappa shape index (κ3) is 9.73. The van der Waals surface area contributed by atoms with Gasteiger partial charge in [0.05, 0.1) is 30.3 Å². The molecule has 0 radical (unpaired) electrons. The van der Waals surface area contributed by atoms with Crippen molar-refractivity contribution in [2.24, 2.45) is 0 Å². The molecular formula is C31H27N3O16. The number of carbonyl (C=O) groups excluding carboxylic acids is 6. The quantitative estimate of drug-likeness (QED) is 0.0994. The maximum Gasteiger partial charge on any atom is 0.349 e. The molecule has 0 unspecified atom stereocenters. The van der Waals surface area contributed by atoms with Crippen LogP contribution in [0.2, 0.25) is 0 Å². The zero-order valence-corrected chi connectivity index (χ0v) is 26.4. The number of carboxylic acid groups (broad SMARTS) is 1. The predicted molar refractivity (Wildman–Crippen MR) is 163 cm³/mol. The molecule has 0 spiro atoms. The number of non-ortho nitro benzene ring substituents is 1. The van der Waals surface area contributed by atoms with Gasteiger partial charge in [0.15, 0.2) is 23.0 Å². The van der Waals surface area contributed by atoms with Gasteiger partial charge in [-0.15, -0.1) is 0 Å². The number of hydrogen-bond donors (Lipinski definition) is 3. The number of benzene rings is 3. The monoisotopic (exact) mass is 697 g/mol. The van der Waals surface area contributed by atoms with Crippen LogP contribution in [0.15, 0.2) is 60.7 Å². The highest BCUT2D eigenvalue weighted by atomic mass is 16.6. The molecule has 0 bridgehead atoms. The second kappa shape index (κ2) is 16.7. The Hall–Kier alpha value is -7.05. The first-order valence-electron chi connectivity index (χ1n) is 13.9. The number of aliphatic carboxylic acids is 1. The van der Waals surface area contributed by atoms with Crippen LogP contribution in [0.5, 0.6) is 23.0 Å². The lowest BCUT2D eigenvalue weighted by Gasteiger charge is -2.24. The zero-order valence-electron chi connectivity index (χ0n) is 26.4. The molecule has 19 nitrogen and oxygen atoms in total. The highest BCUT2D eigenvalue weighted by Gasteiger charge is 2.41. The summed E-state index contributed by atoms with van der Waals surface area (Å²) in [6, 6.07) is 10.7. The molecule has 2 atom stereocenters. The minimum absolute atomic E-state index is 0.0866. The Morgan fingerprint density at radius 1 is 0.660 bits per heavy atom. The molecule has 0 fully saturated rings. The number of carbonyl (C=O) groups is 7. The molecule has 3 rings (SSSR count). The van der Waals surface area contributed by atoms with Gasteiger partial charge in [-0.05, 0) is 48.5 Å². The topological polar surface area (TPSA) is 262 Å². The Morgan fingerprint density at radius 2 is 1.10 bits per heavy atom. The van der Waals surface area contributed by atoms with Gasteiger partial charge in [0.25, 0.3) is 17.5 Å². The molecule has 0 aliphatic heterocycles. The first-order chi connectivity index (χ1) is 23.6. The highest BCUT2D eigenvalue weighted by Crippen LogP contribution is 2.30. The second-order valence-corrected chi connectivity index (χ2v) is 9.66. The fourth-order valence-electron chi connectivity index (χ4n) is 3.92. The molecular weight excluding hydrogens is 670 g/mol. The van der Waals surface area contributed by atoms with E-state index in [0.29, 0.717) is 0 Å². The van der Waals surface area contributed by atoms with E-state index in [1.165, 1.54) is 14.2 Å². The summed E-state index contributed by atoms with van der Waals surface area (Å²) >= 11 is 0. The average Bonchev–Trinajstić information content (AvgIpc) is 3.07. The van der Waals surface area contributed by atoms with Crippen molar-refractivity contribution in [1.29, 1.82) is 0 Å². The standard InChI is InChI=1S/C31H27N3O16/c1-15(35)47-21-11-7-18(13-23(21)45-3)30(41)49-25(28(38)33-32-27(37)17-5-9-20(10-6-17)34(43)44)26(29(39)40)50-31(42)19-8-12-22(48-16(2)36)24(14-19)46-4/h5-14,25-26H,1-4H3,(H,32,37)(H,33,38)(H,39,40)/t25-,26+/m1/s1. The SMILES string of the molecule is COc1cc(C(=O)O[C@H](C(=O)O)[C@@H](OC(=O)c2ccc(OC(C)=O)c(OC)c2)C(=O)NNC(=O)c2ccc([N+](=O)[O-])cc2)ccc1OC(C)=O. The summed E-state index contributed by atoms with van der Waals surface area (Å²) in [6.45, 7) is 2.23. The van der Waals surface area contributed by atoms with Crippen molar-refractivity contribution in [1.82, 2.24) is 10.9 Å². The molecule has 0 aromatic heterocycles. The number of nitro benzene ring substituents is 1. The van der Waals surface area contributed by atoms with E-state index in [0.717, 1.165) is 74.5 Å². The molecule has 3 aromatic rings. The van der Waals surface area contributed by atoms with E-state index < -0.39 is 58.8 Å². The number of hydrogen-bond acceptors (Lipinski definition) is 15. The van der Waals surface area contributed by atoms with Crippen LogP contribution < -0.4 is 29.8 Å². The number of amides is 2. The van der Waals surface area contributed by atoms with E-state index in [1.54, 1.807) is 0 Å². The number of nitrogens with zero attached hydrogens (tertiary/aromatic N) is 1. The summed E-state index contributed by atoms with van der Waals surface area (Å²) in [5, 5.41) is 20.9. The first kappa shape index (κ1) is 37.4. The van der Waals surface area contributed by atoms with Gasteiger partial charge >= 0.3 is 29.8 Å². The number of ether oxygens (including phenoxy) is 6. The average molecular weight is 698 g/mol. The Labute approximate surface area is 281 Å². The maximum absolute atomic E-state index is 13.3. The van der Waals surface area contributed by atoms with Crippen LogP contribution in [0.3, 0.4) is 0 Å². The number of methoxy groups -OCH3 is 2. The van der Waals surface area contributed by atoms with Gasteiger partial charge in [0.1, 0.15) is 0 Å². The van der Waals surface area contributed by atoms with Crippen molar-refractivity contribution in [3.05, 3.63) is 87.5 Å². The summed E-state index contributed by atoms with van der Waals surface area (Å²) < 4.78 is 30.4. The van der Waals surface area contributed by atoms with Crippen LogP contribution in [0.4, 0.5) is 5.69 Å². The molecule has 50 heavy (non-hydrogen) atoms. The van der Waals surface area contributed by atoms with Gasteiger partial charge in [0, 0.05) is 31.5 Å². The van der Waals surface area contributed by atoms with Gasteiger partial charge in [-0.25, -0.2) is 14.4 Å². The molecule has 2 amide bonds. The summed E-state index contributed by atoms with van der Waals surface area (Å²) in [5.41, 5.74) is 2.62. The van der Waals surface area contributed by atoms with Crippen molar-refractivity contribution < 1.29 is 72.0 Å². The van der Waals surface area contributed by atoms with E-state index >= 15 is 0 Å². The number of esters is 4. The van der Waals surface area contributed by atoms with E-state index in [4.69, 9.17) is 28.4 Å². The molecule has 0 aliphatic rings. The molecule has 3 N–H and O–H groups in total. The third-order valence-corrected chi connectivity index (χ3v) is 6.19. The minimum Gasteiger partial charge on any atom is -0.493 e. The summed E-state index contributed by atoms with van der Waals surface area (Å²) in [4.78, 5) is 97.5. The number of nitro groups is 1. The fourth-order valence-corrected chi connectivity index (χ4v) is 3.92. The third-order valence-electron chi connectivity index (χ3n) is 6.19. The molecule has 3 aromatic carbocycles.